The summed E-state index contributed by atoms with van der Waals surface area (Å²) >= 11 is 1.99. The maximum absolute atomic E-state index is 13.7. The molecule has 0 saturated carbocycles. The van der Waals surface area contributed by atoms with Crippen molar-refractivity contribution in [3.05, 3.63) is 55.7 Å². The minimum atomic E-state index is -0.875. The quantitative estimate of drug-likeness (QED) is 0.140. The molecule has 1 aromatic carbocycles. The van der Waals surface area contributed by atoms with Gasteiger partial charge < -0.3 is 14.9 Å². The number of phenolic OH excluding ortho intramolecular Hbond substituents is 1. The number of unbranched alkanes of at least 4 members (excludes halogenated alkanes) is 2. The number of hydrogen-bond donors (Lipinski definition) is 2. The molecule has 2 amide bonds. The average molecular weight is 659 g/mol. The van der Waals surface area contributed by atoms with Crippen molar-refractivity contribution < 1.29 is 38.9 Å². The number of methoxy groups -OCH3 is 1. The van der Waals surface area contributed by atoms with Gasteiger partial charge in [-0.05, 0) is 84.9 Å². The summed E-state index contributed by atoms with van der Waals surface area (Å²) in [4.78, 5) is 66.0. The highest BCUT2D eigenvalue weighted by Gasteiger charge is 2.56. The Kier molecular flexibility index (Phi) is 7.73. The predicted octanol–water partition coefficient (Wildman–Crippen LogP) is 4.08. The Labute approximate surface area is 245 Å². The highest BCUT2D eigenvalue weighted by Crippen LogP contribution is 2.55. The van der Waals surface area contributed by atoms with Crippen LogP contribution in [0.5, 0.6) is 11.5 Å². The Bertz CT molecular complexity index is 1440. The zero-order valence-corrected chi connectivity index (χ0v) is 24.4. The lowest BCUT2D eigenvalue weighted by atomic mass is 9.59. The summed E-state index contributed by atoms with van der Waals surface area (Å²) in [5.41, 5.74) is 2.62. The van der Waals surface area contributed by atoms with Gasteiger partial charge in [-0.2, -0.15) is 0 Å². The third-order valence-corrected chi connectivity index (χ3v) is 9.35. The number of allylic oxidation sites excluding steroid dienone is 6. The standard InChI is InChI=1S/C30H30INO8/c1-14-10-21(33)19-13-18-16(24(26(19)27(14)36)15-11-20(31)28(37)22(12-15)40-2)7-8-17-25(18)30(39)32(29(17)38)9-5-3-4-6-23(34)35/h7,10-12,17-18,24-25,37H,3-6,8-9,13H2,1-2H3,(H,34,35)/t17-,18+,24-,25-/m0/s1. The number of Topliss-reactive ketones (excluding diaryl/α,β-unsaturated/α-hetero) is 1. The van der Waals surface area contributed by atoms with Gasteiger partial charge in [-0.25, -0.2) is 0 Å². The van der Waals surface area contributed by atoms with Crippen LogP contribution in [0.25, 0.3) is 0 Å². The molecule has 1 fully saturated rings. The van der Waals surface area contributed by atoms with Crippen molar-refractivity contribution in [2.45, 2.75) is 51.4 Å². The number of ether oxygens (including phenoxy) is 1. The van der Waals surface area contributed by atoms with Crippen LogP contribution in [0.3, 0.4) is 0 Å². The van der Waals surface area contributed by atoms with Crippen molar-refractivity contribution in [1.82, 2.24) is 4.90 Å². The van der Waals surface area contributed by atoms with E-state index in [0.717, 1.165) is 5.57 Å². The molecule has 1 aliphatic heterocycles. The molecule has 0 unspecified atom stereocenters. The third-order valence-electron chi connectivity index (χ3n) is 8.53. The van der Waals surface area contributed by atoms with Crippen molar-refractivity contribution in [3.63, 3.8) is 0 Å². The monoisotopic (exact) mass is 659 g/mol. The Balaban J connectivity index is 1.53. The summed E-state index contributed by atoms with van der Waals surface area (Å²) in [6, 6.07) is 3.43. The molecule has 1 aromatic rings. The Morgan fingerprint density at radius 3 is 2.55 bits per heavy atom. The zero-order chi connectivity index (χ0) is 28.9. The molecular weight excluding hydrogens is 629 g/mol. The predicted molar refractivity (Wildman–Crippen MR) is 152 cm³/mol. The van der Waals surface area contributed by atoms with Crippen LogP contribution in [0.2, 0.25) is 0 Å². The van der Waals surface area contributed by atoms with Gasteiger partial charge in [0, 0.05) is 35.6 Å². The lowest BCUT2D eigenvalue weighted by Crippen LogP contribution is -2.40. The van der Waals surface area contributed by atoms with E-state index in [0.29, 0.717) is 51.5 Å². The maximum Gasteiger partial charge on any atom is 0.303 e. The van der Waals surface area contributed by atoms with Gasteiger partial charge in [0.1, 0.15) is 0 Å². The number of rotatable bonds is 8. The number of aliphatic carboxylic acids is 1. The Morgan fingerprint density at radius 1 is 1.10 bits per heavy atom. The van der Waals surface area contributed by atoms with Gasteiger partial charge in [0.25, 0.3) is 0 Å². The molecule has 0 spiro atoms. The van der Waals surface area contributed by atoms with E-state index in [9.17, 15) is 29.1 Å². The summed E-state index contributed by atoms with van der Waals surface area (Å²) in [5, 5.41) is 19.3. The summed E-state index contributed by atoms with van der Waals surface area (Å²) in [6.07, 6.45) is 5.48. The second kappa shape index (κ2) is 10.9. The SMILES string of the molecule is COc1cc([C@H]2C3=CC[C@@H]4C(=O)N(CCCCCC(=O)O)C(=O)[C@@H]4[C@@H]3CC3=C2C(=O)C(C)=CC3=O)cc(I)c1O. The van der Waals surface area contributed by atoms with Gasteiger partial charge in [-0.15, -0.1) is 0 Å². The fourth-order valence-electron chi connectivity index (χ4n) is 6.67. The van der Waals surface area contributed by atoms with E-state index in [1.165, 1.54) is 18.1 Å². The maximum atomic E-state index is 13.7. The Hall–Kier alpha value is -3.28. The second-order valence-corrected chi connectivity index (χ2v) is 12.0. The lowest BCUT2D eigenvalue weighted by Gasteiger charge is -2.42. The van der Waals surface area contributed by atoms with Crippen LogP contribution in [-0.2, 0) is 24.0 Å². The summed E-state index contributed by atoms with van der Waals surface area (Å²) < 4.78 is 5.91. The van der Waals surface area contributed by atoms with E-state index in [1.807, 2.05) is 28.7 Å². The van der Waals surface area contributed by atoms with Crippen LogP contribution in [-0.4, -0.2) is 58.1 Å². The number of aromatic hydroxyl groups is 1. The number of ketones is 2. The van der Waals surface area contributed by atoms with Crippen LogP contribution in [0.4, 0.5) is 0 Å². The number of imide groups is 1. The number of carboxylic acids is 1. The van der Waals surface area contributed by atoms with E-state index in [-0.39, 0.29) is 54.3 Å². The number of phenols is 1. The van der Waals surface area contributed by atoms with E-state index in [2.05, 4.69) is 0 Å². The molecule has 1 heterocycles. The molecule has 210 valence electrons. The van der Waals surface area contributed by atoms with Crippen molar-refractivity contribution in [1.29, 1.82) is 0 Å². The molecule has 0 bridgehead atoms. The first-order valence-corrected chi connectivity index (χ1v) is 14.5. The molecule has 4 aliphatic rings. The number of likely N-dealkylation sites (tertiary alicyclic amines) is 1. The molecule has 2 N–H and O–H groups in total. The second-order valence-electron chi connectivity index (χ2n) is 10.8. The first kappa shape index (κ1) is 28.3. The first-order chi connectivity index (χ1) is 19.0. The van der Waals surface area contributed by atoms with Crippen LogP contribution >= 0.6 is 22.6 Å². The summed E-state index contributed by atoms with van der Waals surface area (Å²) in [5.74, 6) is -3.88. The number of halogens is 1. The van der Waals surface area contributed by atoms with E-state index < -0.39 is 29.6 Å². The number of carbonyl (C=O) groups excluding carboxylic acids is 4. The van der Waals surface area contributed by atoms with Gasteiger partial charge >= 0.3 is 5.97 Å². The Morgan fingerprint density at radius 2 is 1.85 bits per heavy atom. The van der Waals surface area contributed by atoms with Crippen LogP contribution in [0.1, 0.15) is 56.9 Å². The van der Waals surface area contributed by atoms with Gasteiger partial charge in [-0.1, -0.05) is 18.1 Å². The van der Waals surface area contributed by atoms with Gasteiger partial charge in [0.15, 0.2) is 23.1 Å². The van der Waals surface area contributed by atoms with E-state index >= 15 is 0 Å². The molecule has 10 heteroatoms. The number of nitrogens with zero attached hydrogens (tertiary/aromatic N) is 1. The highest BCUT2D eigenvalue weighted by molar-refractivity contribution is 14.1. The van der Waals surface area contributed by atoms with Crippen molar-refractivity contribution in [2.75, 3.05) is 13.7 Å². The molecule has 9 nitrogen and oxygen atoms in total. The van der Waals surface area contributed by atoms with Crippen molar-refractivity contribution in [3.8, 4) is 11.5 Å². The number of carbonyl (C=O) groups is 5. The minimum Gasteiger partial charge on any atom is -0.504 e. The first-order valence-electron chi connectivity index (χ1n) is 13.4. The van der Waals surface area contributed by atoms with Crippen molar-refractivity contribution >= 4 is 51.9 Å². The lowest BCUT2D eigenvalue weighted by molar-refractivity contribution is -0.141. The fraction of sp³-hybridized carbons (Fsp3) is 0.433. The molecule has 1 saturated heterocycles. The number of carboxylic acid groups (broad SMARTS) is 1. The van der Waals surface area contributed by atoms with Crippen LogP contribution in [0, 0.1) is 21.3 Å². The smallest absolute Gasteiger partial charge is 0.303 e. The van der Waals surface area contributed by atoms with Crippen LogP contribution in [0.15, 0.2) is 46.6 Å². The van der Waals surface area contributed by atoms with Crippen LogP contribution < -0.4 is 4.74 Å². The number of hydrogen-bond acceptors (Lipinski definition) is 7. The number of amides is 2. The summed E-state index contributed by atoms with van der Waals surface area (Å²) in [7, 11) is 1.44. The molecule has 4 atom stereocenters. The fourth-order valence-corrected chi connectivity index (χ4v) is 7.29. The minimum absolute atomic E-state index is 0.0243. The third kappa shape index (κ3) is 4.69. The summed E-state index contributed by atoms with van der Waals surface area (Å²) in [6.45, 7) is 1.85. The largest absolute Gasteiger partial charge is 0.504 e. The topological polar surface area (TPSA) is 138 Å². The molecule has 5 rings (SSSR count). The molecule has 40 heavy (non-hydrogen) atoms. The molecule has 3 aliphatic carbocycles. The normalized spacial score (nSPS) is 25.8. The van der Waals surface area contributed by atoms with E-state index in [4.69, 9.17) is 9.84 Å². The molecular formula is C30H30INO8. The average Bonchev–Trinajstić information content (AvgIpc) is 3.16. The number of benzene rings is 1. The highest BCUT2D eigenvalue weighted by atomic mass is 127. The zero-order valence-electron chi connectivity index (χ0n) is 22.2. The molecule has 0 aromatic heterocycles. The molecule has 0 radical (unpaired) electrons. The van der Waals surface area contributed by atoms with E-state index in [1.54, 1.807) is 19.1 Å². The van der Waals surface area contributed by atoms with Gasteiger partial charge in [0.05, 0.1) is 22.5 Å². The van der Waals surface area contributed by atoms with Crippen molar-refractivity contribution in [2.24, 2.45) is 17.8 Å². The number of fused-ring (bicyclic) bond motifs is 3. The van der Waals surface area contributed by atoms with Gasteiger partial charge in [0.2, 0.25) is 11.8 Å². The van der Waals surface area contributed by atoms with Gasteiger partial charge in [-0.3, -0.25) is 28.9 Å².